The van der Waals surface area contributed by atoms with Crippen LogP contribution in [0.1, 0.15) is 24.8 Å². The maximum atomic E-state index is 14.6. The fourth-order valence-electron chi connectivity index (χ4n) is 7.22. The van der Waals surface area contributed by atoms with Crippen molar-refractivity contribution in [2.45, 2.75) is 43.1 Å². The number of morpholine rings is 1. The molecule has 13 heteroatoms. The Labute approximate surface area is 256 Å². The van der Waals surface area contributed by atoms with Gasteiger partial charge in [0.15, 0.2) is 10.6 Å². The number of anilines is 1. The Morgan fingerprint density at radius 2 is 2.02 bits per heavy atom. The molecule has 4 atom stereocenters. The number of ether oxygens (including phenoxy) is 3. The number of piperazine rings is 1. The molecule has 228 valence electrons. The van der Waals surface area contributed by atoms with Gasteiger partial charge in [0.25, 0.3) is 5.19 Å². The van der Waals surface area contributed by atoms with Crippen LogP contribution < -0.4 is 19.7 Å². The van der Waals surface area contributed by atoms with Crippen molar-refractivity contribution in [3.8, 4) is 35.0 Å². The number of aromatic hydroxyl groups is 1. The van der Waals surface area contributed by atoms with Crippen molar-refractivity contribution in [2.24, 2.45) is 0 Å². The lowest BCUT2D eigenvalue weighted by atomic mass is 9.95. The standard InChI is InChI=1S/C31H30F2N6O4S/c1-2-22-23(33)5-4-17-8-21(40)9-24(25(17)22)43-30-35-26-27(38-12-19-14-41-15-20(13-38)34-19)36-29(37-28(26)44-30)42-16-31-6-3-7-39(31)11-18(32)10-31/h1,4-5,8-9,18-20,34,40H,3,6-7,10-16H2/t18-,19?,20?,31+/m1/s1. The van der Waals surface area contributed by atoms with Crippen LogP contribution in [0.3, 0.4) is 0 Å². The molecule has 2 aromatic heterocycles. The predicted octanol–water partition coefficient (Wildman–Crippen LogP) is 3.99. The van der Waals surface area contributed by atoms with Crippen molar-refractivity contribution in [2.75, 3.05) is 50.9 Å². The molecule has 8 rings (SSSR count). The van der Waals surface area contributed by atoms with Crippen LogP contribution in [-0.2, 0) is 4.74 Å². The van der Waals surface area contributed by atoms with Crippen molar-refractivity contribution in [1.29, 1.82) is 0 Å². The Balaban J connectivity index is 1.18. The van der Waals surface area contributed by atoms with E-state index in [1.54, 1.807) is 0 Å². The largest absolute Gasteiger partial charge is 0.508 e. The molecule has 0 amide bonds. The molecule has 0 spiro atoms. The molecular formula is C31H30F2N6O4S. The van der Waals surface area contributed by atoms with E-state index in [2.05, 4.69) is 21.0 Å². The molecule has 0 saturated carbocycles. The van der Waals surface area contributed by atoms with E-state index in [4.69, 9.17) is 35.6 Å². The number of halogens is 2. The minimum Gasteiger partial charge on any atom is -0.508 e. The lowest BCUT2D eigenvalue weighted by Gasteiger charge is -2.42. The van der Waals surface area contributed by atoms with Gasteiger partial charge in [-0.3, -0.25) is 4.90 Å². The van der Waals surface area contributed by atoms with Crippen LogP contribution in [0.5, 0.6) is 22.7 Å². The van der Waals surface area contributed by atoms with E-state index in [0.29, 0.717) is 72.8 Å². The third kappa shape index (κ3) is 4.77. The van der Waals surface area contributed by atoms with E-state index in [0.717, 1.165) is 19.4 Å². The zero-order chi connectivity index (χ0) is 30.0. The van der Waals surface area contributed by atoms with Gasteiger partial charge in [0.05, 0.1) is 24.3 Å². The summed E-state index contributed by atoms with van der Waals surface area (Å²) in [6.45, 7) is 4.10. The highest BCUT2D eigenvalue weighted by Crippen LogP contribution is 2.42. The van der Waals surface area contributed by atoms with Crippen LogP contribution in [0.15, 0.2) is 24.3 Å². The number of terminal acetylenes is 1. The van der Waals surface area contributed by atoms with Crippen LogP contribution >= 0.6 is 11.3 Å². The number of aromatic nitrogens is 3. The highest BCUT2D eigenvalue weighted by Gasteiger charge is 2.49. The number of hydrogen-bond donors (Lipinski definition) is 2. The highest BCUT2D eigenvalue weighted by atomic mass is 32.1. The van der Waals surface area contributed by atoms with Gasteiger partial charge in [0.1, 0.15) is 35.6 Å². The first-order valence-corrected chi connectivity index (χ1v) is 15.6. The summed E-state index contributed by atoms with van der Waals surface area (Å²) in [7, 11) is 0. The maximum Gasteiger partial charge on any atom is 0.319 e. The average Bonchev–Trinajstić information content (AvgIpc) is 3.67. The Hall–Kier alpha value is -3.83. The van der Waals surface area contributed by atoms with E-state index >= 15 is 0 Å². The van der Waals surface area contributed by atoms with E-state index in [-0.39, 0.29) is 45.9 Å². The first kappa shape index (κ1) is 27.7. The summed E-state index contributed by atoms with van der Waals surface area (Å²) >= 11 is 1.19. The topological polar surface area (TPSA) is 105 Å². The third-order valence-electron chi connectivity index (χ3n) is 9.08. The van der Waals surface area contributed by atoms with Crippen molar-refractivity contribution < 1.29 is 28.1 Å². The number of phenols is 1. The van der Waals surface area contributed by atoms with Crippen LogP contribution in [0.25, 0.3) is 21.1 Å². The summed E-state index contributed by atoms with van der Waals surface area (Å²) in [6, 6.07) is 6.15. The summed E-state index contributed by atoms with van der Waals surface area (Å²) in [6.07, 6.45) is 7.12. The van der Waals surface area contributed by atoms with Crippen LogP contribution in [-0.4, -0.2) is 94.8 Å². The molecular weight excluding hydrogens is 590 g/mol. The smallest absolute Gasteiger partial charge is 0.319 e. The molecule has 2 N–H and O–H groups in total. The minimum atomic E-state index is -0.862. The van der Waals surface area contributed by atoms with E-state index in [9.17, 15) is 13.9 Å². The molecule has 4 aliphatic rings. The molecule has 4 fully saturated rings. The lowest BCUT2D eigenvalue weighted by Crippen LogP contribution is -2.63. The molecule has 2 bridgehead atoms. The normalized spacial score (nSPS) is 26.7. The Morgan fingerprint density at radius 1 is 1.18 bits per heavy atom. The average molecular weight is 621 g/mol. The van der Waals surface area contributed by atoms with Gasteiger partial charge in [-0.25, -0.2) is 8.78 Å². The van der Waals surface area contributed by atoms with E-state index < -0.39 is 12.0 Å². The fourth-order valence-corrected chi connectivity index (χ4v) is 8.01. The van der Waals surface area contributed by atoms with Crippen LogP contribution in [0.4, 0.5) is 14.6 Å². The van der Waals surface area contributed by atoms with Gasteiger partial charge in [0.2, 0.25) is 0 Å². The van der Waals surface area contributed by atoms with Crippen molar-refractivity contribution in [1.82, 2.24) is 25.2 Å². The Bertz CT molecular complexity index is 1800. The summed E-state index contributed by atoms with van der Waals surface area (Å²) in [4.78, 5) is 19.2. The second kappa shape index (κ2) is 10.7. The van der Waals surface area contributed by atoms with E-state index in [1.807, 2.05) is 0 Å². The predicted molar refractivity (Wildman–Crippen MR) is 161 cm³/mol. The minimum absolute atomic E-state index is 0.0344. The van der Waals surface area contributed by atoms with Crippen LogP contribution in [0.2, 0.25) is 0 Å². The van der Waals surface area contributed by atoms with Gasteiger partial charge in [-0.1, -0.05) is 23.3 Å². The quantitative estimate of drug-likeness (QED) is 0.308. The Morgan fingerprint density at radius 3 is 2.84 bits per heavy atom. The van der Waals surface area contributed by atoms with Gasteiger partial charge in [-0.05, 0) is 36.9 Å². The first-order valence-electron chi connectivity index (χ1n) is 14.8. The zero-order valence-corrected chi connectivity index (χ0v) is 24.6. The van der Waals surface area contributed by atoms with Gasteiger partial charge >= 0.3 is 6.01 Å². The number of rotatable bonds is 6. The van der Waals surface area contributed by atoms with Gasteiger partial charge in [-0.15, -0.1) is 6.42 Å². The van der Waals surface area contributed by atoms with Crippen LogP contribution in [0, 0.1) is 18.2 Å². The number of hydrogen-bond acceptors (Lipinski definition) is 11. The number of phenolic OH excluding ortho intramolecular Hbond substituents is 1. The molecule has 4 saturated heterocycles. The number of fused-ring (bicyclic) bond motifs is 5. The molecule has 10 nitrogen and oxygen atoms in total. The number of nitrogens with zero attached hydrogens (tertiary/aromatic N) is 5. The van der Waals surface area contributed by atoms with Crippen molar-refractivity contribution >= 4 is 38.3 Å². The summed E-state index contributed by atoms with van der Waals surface area (Å²) in [5.41, 5.74) is 0.229. The second-order valence-corrected chi connectivity index (χ2v) is 13.0. The number of thiazole rings is 1. The Kier molecular flexibility index (Phi) is 6.71. The van der Waals surface area contributed by atoms with Gasteiger partial charge in [-0.2, -0.15) is 15.0 Å². The van der Waals surface area contributed by atoms with Crippen molar-refractivity contribution in [3.05, 3.63) is 35.6 Å². The molecule has 6 heterocycles. The molecule has 44 heavy (non-hydrogen) atoms. The molecule has 0 aliphatic carbocycles. The van der Waals surface area contributed by atoms with Crippen molar-refractivity contribution in [3.63, 3.8) is 0 Å². The molecule has 2 unspecified atom stereocenters. The summed E-state index contributed by atoms with van der Waals surface area (Å²) in [5, 5.41) is 15.1. The van der Waals surface area contributed by atoms with Gasteiger partial charge < -0.3 is 29.5 Å². The number of nitrogens with one attached hydrogen (secondary N) is 1. The highest BCUT2D eigenvalue weighted by molar-refractivity contribution is 7.19. The number of benzene rings is 2. The summed E-state index contributed by atoms with van der Waals surface area (Å²) < 4.78 is 47.2. The van der Waals surface area contributed by atoms with E-state index in [1.165, 1.54) is 35.6 Å². The monoisotopic (exact) mass is 620 g/mol. The molecule has 4 aliphatic heterocycles. The maximum absolute atomic E-state index is 14.6. The molecule has 2 aromatic carbocycles. The second-order valence-electron chi connectivity index (χ2n) is 12.0. The molecule has 4 aromatic rings. The SMILES string of the molecule is C#Cc1c(F)ccc2cc(O)cc(Oc3nc4c(N5CC6COCC(C5)N6)nc(OC[C@@]56CCCN5C[C@H](F)C6)nc4s3)c12. The lowest BCUT2D eigenvalue weighted by molar-refractivity contribution is 0.0374. The first-order chi connectivity index (χ1) is 21.4. The van der Waals surface area contributed by atoms with Gasteiger partial charge in [0, 0.05) is 49.6 Å². The number of alkyl halides is 1. The third-order valence-corrected chi connectivity index (χ3v) is 9.91. The summed E-state index contributed by atoms with van der Waals surface area (Å²) in [5.74, 6) is 2.57. The zero-order valence-electron chi connectivity index (χ0n) is 23.8. The fraction of sp³-hybridized carbons (Fsp3) is 0.452. The molecule has 0 radical (unpaired) electrons.